The van der Waals surface area contributed by atoms with Gasteiger partial charge in [0, 0.05) is 13.7 Å². The Morgan fingerprint density at radius 3 is 2.63 bits per heavy atom. The van der Waals surface area contributed by atoms with E-state index >= 15 is 0 Å². The average Bonchev–Trinajstić information content (AvgIpc) is 2.37. The first-order valence-electron chi connectivity index (χ1n) is 6.45. The van der Waals surface area contributed by atoms with Gasteiger partial charge in [0.1, 0.15) is 5.82 Å². The van der Waals surface area contributed by atoms with Gasteiger partial charge in [-0.1, -0.05) is 0 Å². The summed E-state index contributed by atoms with van der Waals surface area (Å²) in [6.45, 7) is 2.54. The summed E-state index contributed by atoms with van der Waals surface area (Å²) in [6, 6.07) is 3.53. The van der Waals surface area contributed by atoms with Crippen LogP contribution < -0.4 is 5.32 Å². The van der Waals surface area contributed by atoms with Crippen LogP contribution in [0.5, 0.6) is 0 Å². The molecule has 0 atom stereocenters. The van der Waals surface area contributed by atoms with Crippen LogP contribution >= 0.6 is 0 Å². The van der Waals surface area contributed by atoms with E-state index in [2.05, 4.69) is 10.3 Å². The molecule has 0 spiro atoms. The SMILES string of the molecule is COC(=O)c1ccc(NCC2(OC)CCC2)nc1C. The van der Waals surface area contributed by atoms with Crippen molar-refractivity contribution in [1.82, 2.24) is 4.98 Å². The Bertz CT molecular complexity index is 464. The fraction of sp³-hybridized carbons (Fsp3) is 0.571. The number of pyridine rings is 1. The summed E-state index contributed by atoms with van der Waals surface area (Å²) in [5.74, 6) is 0.400. The van der Waals surface area contributed by atoms with Crippen LogP contribution in [0.3, 0.4) is 0 Å². The number of methoxy groups -OCH3 is 2. The molecule has 1 aromatic heterocycles. The number of hydrogen-bond donors (Lipinski definition) is 1. The Balaban J connectivity index is 2.02. The minimum Gasteiger partial charge on any atom is -0.465 e. The van der Waals surface area contributed by atoms with Crippen molar-refractivity contribution < 1.29 is 14.3 Å². The van der Waals surface area contributed by atoms with Gasteiger partial charge in [0.05, 0.1) is 24.0 Å². The zero-order valence-electron chi connectivity index (χ0n) is 11.7. The molecule has 0 aliphatic heterocycles. The largest absolute Gasteiger partial charge is 0.465 e. The number of anilines is 1. The van der Waals surface area contributed by atoms with Gasteiger partial charge in [0.25, 0.3) is 0 Å². The van der Waals surface area contributed by atoms with E-state index in [1.165, 1.54) is 13.5 Å². The van der Waals surface area contributed by atoms with Crippen LogP contribution in [0.2, 0.25) is 0 Å². The lowest BCUT2D eigenvalue weighted by Gasteiger charge is -2.40. The molecule has 0 bridgehead atoms. The fourth-order valence-electron chi connectivity index (χ4n) is 2.26. The molecule has 2 rings (SSSR count). The van der Waals surface area contributed by atoms with Crippen LogP contribution in [-0.2, 0) is 9.47 Å². The van der Waals surface area contributed by atoms with Crippen molar-refractivity contribution in [3.05, 3.63) is 23.4 Å². The lowest BCUT2D eigenvalue weighted by molar-refractivity contribution is -0.0601. The molecule has 5 nitrogen and oxygen atoms in total. The Morgan fingerprint density at radius 1 is 1.42 bits per heavy atom. The zero-order chi connectivity index (χ0) is 13.9. The van der Waals surface area contributed by atoms with Gasteiger partial charge in [0.15, 0.2) is 0 Å². The summed E-state index contributed by atoms with van der Waals surface area (Å²) in [5.41, 5.74) is 1.12. The molecule has 104 valence electrons. The van der Waals surface area contributed by atoms with Gasteiger partial charge < -0.3 is 14.8 Å². The van der Waals surface area contributed by atoms with Crippen LogP contribution in [0.15, 0.2) is 12.1 Å². The molecule has 0 saturated heterocycles. The van der Waals surface area contributed by atoms with Gasteiger partial charge in [0.2, 0.25) is 0 Å². The molecule has 1 aliphatic carbocycles. The monoisotopic (exact) mass is 264 g/mol. The van der Waals surface area contributed by atoms with Crippen LogP contribution in [0.4, 0.5) is 5.82 Å². The van der Waals surface area contributed by atoms with Gasteiger partial charge in [-0.3, -0.25) is 0 Å². The zero-order valence-corrected chi connectivity index (χ0v) is 11.7. The second kappa shape index (κ2) is 5.57. The first-order valence-corrected chi connectivity index (χ1v) is 6.45. The highest BCUT2D eigenvalue weighted by molar-refractivity contribution is 5.90. The van der Waals surface area contributed by atoms with Crippen molar-refractivity contribution in [3.63, 3.8) is 0 Å². The molecule has 1 fully saturated rings. The van der Waals surface area contributed by atoms with E-state index in [1.807, 2.05) is 0 Å². The maximum Gasteiger partial charge on any atom is 0.339 e. The lowest BCUT2D eigenvalue weighted by Crippen LogP contribution is -2.45. The number of ether oxygens (including phenoxy) is 2. The van der Waals surface area contributed by atoms with Gasteiger partial charge in [-0.15, -0.1) is 0 Å². The smallest absolute Gasteiger partial charge is 0.339 e. The Morgan fingerprint density at radius 2 is 2.16 bits per heavy atom. The van der Waals surface area contributed by atoms with Crippen LogP contribution in [0.25, 0.3) is 0 Å². The van der Waals surface area contributed by atoms with Crippen molar-refractivity contribution in [2.24, 2.45) is 0 Å². The number of carbonyl (C=O) groups is 1. The second-order valence-electron chi connectivity index (χ2n) is 4.92. The van der Waals surface area contributed by atoms with Gasteiger partial charge in [-0.05, 0) is 38.3 Å². The number of aromatic nitrogens is 1. The third kappa shape index (κ3) is 2.87. The summed E-state index contributed by atoms with van der Waals surface area (Å²) in [6.07, 6.45) is 3.37. The average molecular weight is 264 g/mol. The normalized spacial score (nSPS) is 16.6. The van der Waals surface area contributed by atoms with E-state index in [4.69, 9.17) is 9.47 Å². The van der Waals surface area contributed by atoms with E-state index in [1.54, 1.807) is 26.2 Å². The molecule has 19 heavy (non-hydrogen) atoms. The number of rotatable bonds is 5. The summed E-state index contributed by atoms with van der Waals surface area (Å²) in [5, 5.41) is 3.28. The van der Waals surface area contributed by atoms with E-state index in [0.29, 0.717) is 11.3 Å². The lowest BCUT2D eigenvalue weighted by atomic mass is 9.80. The summed E-state index contributed by atoms with van der Waals surface area (Å²) in [7, 11) is 3.12. The van der Waals surface area contributed by atoms with E-state index in [9.17, 15) is 4.79 Å². The van der Waals surface area contributed by atoms with E-state index in [-0.39, 0.29) is 11.6 Å². The van der Waals surface area contributed by atoms with Crippen LogP contribution in [0, 0.1) is 6.92 Å². The van der Waals surface area contributed by atoms with Crippen molar-refractivity contribution >= 4 is 11.8 Å². The number of nitrogens with one attached hydrogen (secondary N) is 1. The maximum absolute atomic E-state index is 11.5. The second-order valence-corrected chi connectivity index (χ2v) is 4.92. The van der Waals surface area contributed by atoms with Crippen molar-refractivity contribution in [1.29, 1.82) is 0 Å². The molecule has 0 amide bonds. The third-order valence-corrected chi connectivity index (χ3v) is 3.78. The Labute approximate surface area is 113 Å². The molecular formula is C14H20N2O3. The number of carbonyl (C=O) groups excluding carboxylic acids is 1. The molecule has 1 aliphatic rings. The summed E-state index contributed by atoms with van der Waals surface area (Å²) >= 11 is 0. The predicted molar refractivity (Wildman–Crippen MR) is 72.4 cm³/mol. The topological polar surface area (TPSA) is 60.5 Å². The number of esters is 1. The molecule has 0 aromatic carbocycles. The molecule has 1 aromatic rings. The van der Waals surface area contributed by atoms with Crippen molar-refractivity contribution in [2.75, 3.05) is 26.1 Å². The van der Waals surface area contributed by atoms with Crippen molar-refractivity contribution in [3.8, 4) is 0 Å². The van der Waals surface area contributed by atoms with Crippen LogP contribution in [0.1, 0.15) is 35.3 Å². The van der Waals surface area contributed by atoms with E-state index in [0.717, 1.165) is 25.2 Å². The standard InChI is InChI=1S/C14H20N2O3/c1-10-11(13(17)18-2)5-6-12(16-10)15-9-14(19-3)7-4-8-14/h5-6H,4,7-9H2,1-3H3,(H,15,16). The Hall–Kier alpha value is -1.62. The Kier molecular flexibility index (Phi) is 4.04. The number of nitrogens with zero attached hydrogens (tertiary/aromatic N) is 1. The minimum atomic E-state index is -0.357. The summed E-state index contributed by atoms with van der Waals surface area (Å²) in [4.78, 5) is 15.8. The first kappa shape index (κ1) is 13.8. The molecule has 0 radical (unpaired) electrons. The minimum absolute atomic E-state index is 0.0450. The molecule has 1 saturated carbocycles. The molecule has 1 heterocycles. The highest BCUT2D eigenvalue weighted by Gasteiger charge is 2.36. The predicted octanol–water partition coefficient (Wildman–Crippen LogP) is 2.16. The van der Waals surface area contributed by atoms with E-state index < -0.39 is 0 Å². The highest BCUT2D eigenvalue weighted by atomic mass is 16.5. The molecule has 1 N–H and O–H groups in total. The van der Waals surface area contributed by atoms with Gasteiger partial charge in [-0.25, -0.2) is 9.78 Å². The van der Waals surface area contributed by atoms with Crippen molar-refractivity contribution in [2.45, 2.75) is 31.8 Å². The van der Waals surface area contributed by atoms with Gasteiger partial charge >= 0.3 is 5.97 Å². The fourth-order valence-corrected chi connectivity index (χ4v) is 2.26. The first-order chi connectivity index (χ1) is 9.10. The molecule has 5 heteroatoms. The highest BCUT2D eigenvalue weighted by Crippen LogP contribution is 2.34. The third-order valence-electron chi connectivity index (χ3n) is 3.78. The number of aryl methyl sites for hydroxylation is 1. The van der Waals surface area contributed by atoms with Gasteiger partial charge in [-0.2, -0.15) is 0 Å². The molecular weight excluding hydrogens is 244 g/mol. The van der Waals surface area contributed by atoms with Crippen LogP contribution in [-0.4, -0.2) is 37.3 Å². The number of hydrogen-bond acceptors (Lipinski definition) is 5. The quantitative estimate of drug-likeness (QED) is 0.826. The summed E-state index contributed by atoms with van der Waals surface area (Å²) < 4.78 is 10.2. The maximum atomic E-state index is 11.5. The molecule has 0 unspecified atom stereocenters.